The van der Waals surface area contributed by atoms with Crippen LogP contribution in [0, 0.1) is 0 Å². The first kappa shape index (κ1) is 13500. The molecular weight excluding hydrogens is 190 g/mol. The van der Waals surface area contributed by atoms with Gasteiger partial charge in [0.1, 0.15) is 0 Å². The predicted molar refractivity (Wildman–Crippen MR) is 12.0 cm³/mol. The Morgan fingerprint density at radius 1 is 0.333 bits per heavy atom. The molecule has 2 nitrogen and oxygen atoms in total. The van der Waals surface area contributed by atoms with Crippen molar-refractivity contribution in [1.29, 1.82) is 0 Å². The molecule has 0 rings (SSSR count). The molecule has 0 fully saturated rings. The van der Waals surface area contributed by atoms with Gasteiger partial charge in [0.15, 0.2) is 0 Å². The minimum absolute atomic E-state index is 0. The first-order valence-electron chi connectivity index (χ1n) is 0. The van der Waals surface area contributed by atoms with Crippen LogP contribution in [0.4, 0.5) is 0 Å². The summed E-state index contributed by atoms with van der Waals surface area (Å²) in [6, 6.07) is 0. The Labute approximate surface area is 63.0 Å². The Morgan fingerprint density at radius 2 is 0.333 bits per heavy atom. The van der Waals surface area contributed by atoms with Crippen LogP contribution in [0.5, 0.6) is 0 Å². The van der Waals surface area contributed by atoms with Crippen LogP contribution in [0.1, 0.15) is 0 Å². The molecule has 0 amide bonds. The zero-order chi connectivity index (χ0) is 0. The second kappa shape index (κ2) is 9310. The number of rotatable bonds is 0. The number of hydrogen-bond acceptors (Lipinski definition) is 0. The zero-order valence-electron chi connectivity index (χ0n) is 4.77. The molecule has 0 radical (unpaired) electrons. The maximum atomic E-state index is 0. The molecule has 0 aliphatic rings. The van der Waals surface area contributed by atoms with E-state index in [1.165, 1.54) is 0 Å². The Balaban J connectivity index is 0. The molecule has 0 saturated heterocycles. The third-order valence-corrected chi connectivity index (χ3v) is 0. The fraction of sp³-hybridized carbons (Fsp3) is 0. The first-order valence-corrected chi connectivity index (χ1v) is 0. The van der Waals surface area contributed by atoms with E-state index < -0.39 is 0 Å². The molecule has 0 spiro atoms. The van der Waals surface area contributed by atoms with E-state index >= 15 is 0 Å². The molecule has 0 aromatic carbocycles. The summed E-state index contributed by atoms with van der Waals surface area (Å²) in [6.45, 7) is 0. The number of quaternary nitrogens is 2. The summed E-state index contributed by atoms with van der Waals surface area (Å²) in [5.41, 5.74) is 0. The molecule has 66 valence electrons. The van der Waals surface area contributed by atoms with Gasteiger partial charge in [0.25, 0.3) is 0 Å². The molecule has 9 heteroatoms. The minimum atomic E-state index is 0. The molecule has 0 aliphatic heterocycles. The molecule has 0 aliphatic carbocycles. The molecule has 0 atom stereocenters. The van der Waals surface area contributed by atoms with Gasteiger partial charge in [-0.3, -0.25) is 0 Å². The van der Waals surface area contributed by atoms with Gasteiger partial charge in [0.2, 0.25) is 0 Å². The summed E-state index contributed by atoms with van der Waals surface area (Å²) in [4.78, 5) is 0. The van der Waals surface area contributed by atoms with Crippen molar-refractivity contribution in [2.75, 3.05) is 0 Å². The average Bonchev–Trinajstić information content (AvgIpc) is 0. The van der Waals surface area contributed by atoms with Gasteiger partial charge in [-0.25, -0.2) is 0 Å². The zero-order valence-corrected chi connectivity index (χ0v) is 6.33. The normalized spacial score (nSPS) is 0. The van der Waals surface area contributed by atoms with Gasteiger partial charge >= 0.3 is 21.7 Å². The molecule has 0 aromatic rings. The molecule has 9 heavy (non-hydrogen) atoms. The summed E-state index contributed by atoms with van der Waals surface area (Å²) < 4.78 is 0. The van der Waals surface area contributed by atoms with Crippen molar-refractivity contribution >= 4 is 0 Å². The van der Waals surface area contributed by atoms with Crippen LogP contribution < -0.4 is 40.5 Å². The summed E-state index contributed by atoms with van der Waals surface area (Å²) in [6.07, 6.45) is 0. The Bertz CT molecular complexity index is 11.0. The average molecular weight is 198 g/mol. The molecular formula is H8F6N2Ti-2. The van der Waals surface area contributed by atoms with Crippen molar-refractivity contribution in [3.05, 3.63) is 0 Å². The van der Waals surface area contributed by atoms with E-state index in [-0.39, 0.29) is 62.2 Å². The van der Waals surface area contributed by atoms with Gasteiger partial charge < -0.3 is 40.5 Å². The molecule has 0 unspecified atom stereocenters. The van der Waals surface area contributed by atoms with E-state index in [0.29, 0.717) is 0 Å². The van der Waals surface area contributed by atoms with Crippen LogP contribution in [0.25, 0.3) is 0 Å². The first-order chi connectivity index (χ1) is 0. The number of halogens is 6. The Hall–Kier alpha value is 0.214. The molecule has 0 saturated carbocycles. The Kier molecular flexibility index (Phi) is 14000000. The Morgan fingerprint density at radius 3 is 0.333 bits per heavy atom. The van der Waals surface area contributed by atoms with E-state index in [1.54, 1.807) is 0 Å². The summed E-state index contributed by atoms with van der Waals surface area (Å²) in [7, 11) is 0. The van der Waals surface area contributed by atoms with Crippen LogP contribution in [0.3, 0.4) is 0 Å². The van der Waals surface area contributed by atoms with E-state index in [1.807, 2.05) is 0 Å². The van der Waals surface area contributed by atoms with Crippen LogP contribution in [0.2, 0.25) is 0 Å². The third kappa shape index (κ3) is 6910. The van der Waals surface area contributed by atoms with Crippen LogP contribution in [-0.4, -0.2) is 0 Å². The van der Waals surface area contributed by atoms with Gasteiger partial charge in [-0.1, -0.05) is 0 Å². The summed E-state index contributed by atoms with van der Waals surface area (Å²) in [5.74, 6) is 0. The largest absolute Gasteiger partial charge is 2.00 e. The molecule has 0 aromatic heterocycles. The van der Waals surface area contributed by atoms with Crippen molar-refractivity contribution in [2.45, 2.75) is 0 Å². The van der Waals surface area contributed by atoms with Crippen LogP contribution in [-0.2, 0) is 21.7 Å². The van der Waals surface area contributed by atoms with Crippen molar-refractivity contribution in [3.8, 4) is 0 Å². The maximum absolute atomic E-state index is 0. The fourth-order valence-corrected chi connectivity index (χ4v) is 0. The van der Waals surface area contributed by atoms with E-state index in [2.05, 4.69) is 0 Å². The van der Waals surface area contributed by atoms with Crippen molar-refractivity contribution in [3.63, 3.8) is 0 Å². The van der Waals surface area contributed by atoms with Gasteiger partial charge in [0, 0.05) is 0 Å². The van der Waals surface area contributed by atoms with Gasteiger partial charge in [-0.05, 0) is 0 Å². The maximum Gasteiger partial charge on any atom is 2.00 e. The van der Waals surface area contributed by atoms with Crippen molar-refractivity contribution in [2.24, 2.45) is 0 Å². The SMILES string of the molecule is [F-].[F-].[F-].[F-].[F-].[F-].[NH4+].[NH4+].[Ti+2]. The van der Waals surface area contributed by atoms with E-state index in [0.717, 1.165) is 0 Å². The van der Waals surface area contributed by atoms with Crippen LogP contribution >= 0.6 is 0 Å². The number of hydrogen-bond donors (Lipinski definition) is 2. The summed E-state index contributed by atoms with van der Waals surface area (Å²) in [5, 5.41) is 0. The van der Waals surface area contributed by atoms with Gasteiger partial charge in [-0.15, -0.1) is 0 Å². The predicted octanol–water partition coefficient (Wildman–Crippen LogP) is -17.2. The standard InChI is InChI=1S/6FH.2H3N.Ti/h6*1H;2*1H3;/q;;;;;;;;+2/p-4. The van der Waals surface area contributed by atoms with Crippen molar-refractivity contribution in [1.82, 2.24) is 12.3 Å². The van der Waals surface area contributed by atoms with Gasteiger partial charge in [0.05, 0.1) is 0 Å². The second-order valence-corrected chi connectivity index (χ2v) is 0. The molecule has 0 heterocycles. The second-order valence-electron chi connectivity index (χ2n) is 0. The minimum Gasteiger partial charge on any atom is -1.00 e. The quantitative estimate of drug-likeness (QED) is 0.286. The smallest absolute Gasteiger partial charge is 1.00 e. The monoisotopic (exact) mass is 198 g/mol. The fourth-order valence-electron chi connectivity index (χ4n) is 0. The molecule has 8 N–H and O–H groups in total. The van der Waals surface area contributed by atoms with E-state index in [4.69, 9.17) is 0 Å². The van der Waals surface area contributed by atoms with Crippen molar-refractivity contribution < 1.29 is 49.9 Å². The summed E-state index contributed by atoms with van der Waals surface area (Å²) >= 11 is 0. The topological polar surface area (TPSA) is 73.0 Å². The van der Waals surface area contributed by atoms with Crippen LogP contribution in [0.15, 0.2) is 0 Å². The van der Waals surface area contributed by atoms with E-state index in [9.17, 15) is 0 Å². The third-order valence-electron chi connectivity index (χ3n) is 0. The molecule has 0 bridgehead atoms. The van der Waals surface area contributed by atoms with Gasteiger partial charge in [-0.2, -0.15) is 0 Å².